The SMILES string of the molecule is CC(C)(C)OC(=O)N1CCCC2(C1)C(=O)Nc1cnc3[nH]ccc3c1N2C(O)c1ccc(Oc2ccccc2)cc1Cl. The molecular formula is C31H32ClN5O5. The van der Waals surface area contributed by atoms with E-state index in [9.17, 15) is 14.7 Å². The molecule has 0 saturated carbocycles. The Balaban J connectivity index is 1.44. The molecule has 4 aromatic rings. The van der Waals surface area contributed by atoms with Gasteiger partial charge in [-0.2, -0.15) is 0 Å². The molecule has 10 nitrogen and oxygen atoms in total. The molecule has 218 valence electrons. The average Bonchev–Trinajstić information content (AvgIpc) is 3.43. The van der Waals surface area contributed by atoms with E-state index >= 15 is 0 Å². The van der Waals surface area contributed by atoms with Crippen LogP contribution in [0.1, 0.15) is 45.4 Å². The molecule has 2 aliphatic rings. The van der Waals surface area contributed by atoms with Crippen LogP contribution in [0.25, 0.3) is 11.0 Å². The zero-order valence-corrected chi connectivity index (χ0v) is 24.3. The third-order valence-electron chi connectivity index (χ3n) is 7.53. The number of para-hydroxylation sites is 1. The second-order valence-electron chi connectivity index (χ2n) is 11.6. The number of nitrogens with zero attached hydrogens (tertiary/aromatic N) is 3. The summed E-state index contributed by atoms with van der Waals surface area (Å²) in [6.45, 7) is 5.82. The lowest BCUT2D eigenvalue weighted by Crippen LogP contribution is -2.68. The fourth-order valence-electron chi connectivity index (χ4n) is 5.71. The first-order chi connectivity index (χ1) is 20.1. The molecule has 1 saturated heterocycles. The predicted octanol–water partition coefficient (Wildman–Crippen LogP) is 6.23. The predicted molar refractivity (Wildman–Crippen MR) is 160 cm³/mol. The maximum absolute atomic E-state index is 14.0. The fraction of sp³-hybridized carbons (Fsp3) is 0.323. The quantitative estimate of drug-likeness (QED) is 0.258. The third-order valence-corrected chi connectivity index (χ3v) is 7.85. The van der Waals surface area contributed by atoms with Crippen molar-refractivity contribution in [2.75, 3.05) is 23.3 Å². The largest absolute Gasteiger partial charge is 0.457 e. The summed E-state index contributed by atoms with van der Waals surface area (Å²) in [5.74, 6) is 0.799. The number of aromatic amines is 1. The highest BCUT2D eigenvalue weighted by Crippen LogP contribution is 2.49. The van der Waals surface area contributed by atoms with Crippen LogP contribution < -0.4 is 15.0 Å². The second-order valence-corrected chi connectivity index (χ2v) is 12.0. The van der Waals surface area contributed by atoms with E-state index in [1.807, 2.05) is 36.4 Å². The van der Waals surface area contributed by atoms with Crippen molar-refractivity contribution in [3.05, 3.63) is 77.6 Å². The number of piperidine rings is 1. The van der Waals surface area contributed by atoms with E-state index in [2.05, 4.69) is 15.3 Å². The summed E-state index contributed by atoms with van der Waals surface area (Å²) in [4.78, 5) is 38.0. The molecule has 4 heterocycles. The number of carbonyl (C=O) groups excluding carboxylic acids is 2. The summed E-state index contributed by atoms with van der Waals surface area (Å²) in [6, 6.07) is 16.2. The molecule has 2 aliphatic heterocycles. The number of likely N-dealkylation sites (tertiary alicyclic amines) is 1. The van der Waals surface area contributed by atoms with Gasteiger partial charge in [-0.1, -0.05) is 29.8 Å². The Labute approximate surface area is 248 Å². The smallest absolute Gasteiger partial charge is 0.410 e. The first-order valence-electron chi connectivity index (χ1n) is 13.8. The maximum Gasteiger partial charge on any atom is 0.410 e. The number of fused-ring (bicyclic) bond motifs is 3. The van der Waals surface area contributed by atoms with Crippen molar-refractivity contribution in [3.63, 3.8) is 0 Å². The van der Waals surface area contributed by atoms with Gasteiger partial charge in [-0.05, 0) is 70.0 Å². The lowest BCUT2D eigenvalue weighted by molar-refractivity contribution is -0.124. The first-order valence-corrected chi connectivity index (χ1v) is 14.2. The number of ether oxygens (including phenoxy) is 2. The van der Waals surface area contributed by atoms with E-state index < -0.39 is 23.5 Å². The number of benzene rings is 2. The average molecular weight is 590 g/mol. The molecule has 0 radical (unpaired) electrons. The highest BCUT2D eigenvalue weighted by atomic mass is 35.5. The van der Waals surface area contributed by atoms with Crippen LogP contribution in [0.3, 0.4) is 0 Å². The van der Waals surface area contributed by atoms with Crippen molar-refractivity contribution >= 4 is 46.0 Å². The number of aliphatic hydroxyl groups excluding tert-OH is 1. The van der Waals surface area contributed by atoms with Gasteiger partial charge in [0.25, 0.3) is 5.91 Å². The minimum absolute atomic E-state index is 0.00526. The van der Waals surface area contributed by atoms with Crippen LogP contribution in [0.4, 0.5) is 16.2 Å². The molecule has 0 aliphatic carbocycles. The van der Waals surface area contributed by atoms with Crippen LogP contribution in [-0.2, 0) is 9.53 Å². The summed E-state index contributed by atoms with van der Waals surface area (Å²) in [7, 11) is 0. The number of carbonyl (C=O) groups is 2. The Kier molecular flexibility index (Phi) is 6.98. The van der Waals surface area contributed by atoms with Crippen LogP contribution in [0.2, 0.25) is 5.02 Å². The van der Waals surface area contributed by atoms with E-state index in [4.69, 9.17) is 21.1 Å². The summed E-state index contributed by atoms with van der Waals surface area (Å²) in [5.41, 5.74) is -0.0222. The molecule has 6 rings (SSSR count). The standard InChI is InChI=1S/C31H32ClN5O5/c1-30(2,3)42-29(40)36-15-7-13-31(18-36)28(39)35-24-17-34-26-22(12-14-33-26)25(24)37(31)27(38)21-11-10-20(16-23(21)32)41-19-8-5-4-6-9-19/h4-6,8-12,14,16-17,27,38H,7,13,15,18H2,1-3H3,(H,33,34)(H,35,39). The minimum atomic E-state index is -1.35. The summed E-state index contributed by atoms with van der Waals surface area (Å²) < 4.78 is 11.6. The lowest BCUT2D eigenvalue weighted by atomic mass is 9.82. The van der Waals surface area contributed by atoms with Gasteiger partial charge in [-0.15, -0.1) is 0 Å². The summed E-state index contributed by atoms with van der Waals surface area (Å²) >= 11 is 6.78. The van der Waals surface area contributed by atoms with E-state index in [-0.39, 0.29) is 17.5 Å². The van der Waals surface area contributed by atoms with E-state index in [0.717, 1.165) is 0 Å². The number of H-pyrrole nitrogens is 1. The van der Waals surface area contributed by atoms with Gasteiger partial charge in [0.1, 0.15) is 28.3 Å². The number of nitrogens with one attached hydrogen (secondary N) is 2. The number of amides is 2. The van der Waals surface area contributed by atoms with Gasteiger partial charge in [0, 0.05) is 23.7 Å². The number of pyridine rings is 1. The zero-order valence-electron chi connectivity index (χ0n) is 23.6. The van der Waals surface area contributed by atoms with Gasteiger partial charge in [-0.3, -0.25) is 4.79 Å². The molecule has 3 N–H and O–H groups in total. The Morgan fingerprint density at radius 1 is 1.14 bits per heavy atom. The van der Waals surface area contributed by atoms with Crippen LogP contribution in [0.5, 0.6) is 11.5 Å². The van der Waals surface area contributed by atoms with Crippen molar-refractivity contribution < 1.29 is 24.2 Å². The zero-order chi connectivity index (χ0) is 29.6. The van der Waals surface area contributed by atoms with Gasteiger partial charge in [-0.25, -0.2) is 9.78 Å². The van der Waals surface area contributed by atoms with Crippen LogP contribution >= 0.6 is 11.6 Å². The first kappa shape index (κ1) is 27.9. The molecule has 11 heteroatoms. The van der Waals surface area contributed by atoms with E-state index in [1.165, 1.54) is 4.90 Å². The van der Waals surface area contributed by atoms with Crippen molar-refractivity contribution in [3.8, 4) is 11.5 Å². The molecular weight excluding hydrogens is 558 g/mol. The van der Waals surface area contributed by atoms with Gasteiger partial charge in [0.05, 0.1) is 29.1 Å². The van der Waals surface area contributed by atoms with Crippen LogP contribution in [0, 0.1) is 0 Å². The number of aliphatic hydroxyl groups is 1. The van der Waals surface area contributed by atoms with Crippen molar-refractivity contribution in [2.45, 2.75) is 51.0 Å². The number of anilines is 2. The second kappa shape index (κ2) is 10.5. The lowest BCUT2D eigenvalue weighted by Gasteiger charge is -2.53. The minimum Gasteiger partial charge on any atom is -0.457 e. The Morgan fingerprint density at radius 2 is 1.93 bits per heavy atom. The molecule has 2 aromatic carbocycles. The van der Waals surface area contributed by atoms with Gasteiger partial charge >= 0.3 is 6.09 Å². The summed E-state index contributed by atoms with van der Waals surface area (Å²) in [5, 5.41) is 16.1. The van der Waals surface area contributed by atoms with Crippen molar-refractivity contribution in [1.82, 2.24) is 14.9 Å². The fourth-order valence-corrected chi connectivity index (χ4v) is 5.98. The molecule has 42 heavy (non-hydrogen) atoms. The number of aromatic nitrogens is 2. The highest BCUT2D eigenvalue weighted by molar-refractivity contribution is 6.31. The Morgan fingerprint density at radius 3 is 2.67 bits per heavy atom. The molecule has 1 fully saturated rings. The molecule has 2 amide bonds. The molecule has 0 bridgehead atoms. The van der Waals surface area contributed by atoms with E-state index in [0.29, 0.717) is 58.9 Å². The maximum atomic E-state index is 14.0. The Bertz CT molecular complexity index is 1650. The number of rotatable bonds is 4. The van der Waals surface area contributed by atoms with Crippen LogP contribution in [0.15, 0.2) is 67.0 Å². The Hall–Kier alpha value is -4.28. The molecule has 2 aromatic heterocycles. The van der Waals surface area contributed by atoms with Crippen LogP contribution in [-0.4, -0.2) is 56.2 Å². The third kappa shape index (κ3) is 5.01. The monoisotopic (exact) mass is 589 g/mol. The van der Waals surface area contributed by atoms with Crippen molar-refractivity contribution in [2.24, 2.45) is 0 Å². The normalized spacial score (nSPS) is 19.4. The number of hydrogen-bond acceptors (Lipinski definition) is 7. The van der Waals surface area contributed by atoms with Gasteiger partial charge in [0.15, 0.2) is 6.23 Å². The highest BCUT2D eigenvalue weighted by Gasteiger charge is 2.54. The van der Waals surface area contributed by atoms with Crippen molar-refractivity contribution in [1.29, 1.82) is 0 Å². The van der Waals surface area contributed by atoms with Gasteiger partial charge < -0.3 is 34.7 Å². The molecule has 1 spiro atoms. The molecule has 2 atom stereocenters. The number of halogens is 1. The summed E-state index contributed by atoms with van der Waals surface area (Å²) in [6.07, 6.45) is 2.34. The topological polar surface area (TPSA) is 120 Å². The number of hydrogen-bond donors (Lipinski definition) is 3. The van der Waals surface area contributed by atoms with Gasteiger partial charge in [0.2, 0.25) is 0 Å². The molecule has 2 unspecified atom stereocenters. The van der Waals surface area contributed by atoms with E-state index in [1.54, 1.807) is 56.3 Å².